The Morgan fingerprint density at radius 1 is 1.03 bits per heavy atom. The van der Waals surface area contributed by atoms with Crippen molar-refractivity contribution in [1.82, 2.24) is 14.6 Å². The third kappa shape index (κ3) is 4.77. The number of aromatic nitrogens is 3. The van der Waals surface area contributed by atoms with E-state index in [0.717, 1.165) is 36.1 Å². The maximum absolute atomic E-state index is 12.8. The molecule has 0 unspecified atom stereocenters. The fraction of sp³-hybridized carbons (Fsp3) is 0.292. The number of hydrogen-bond acceptors (Lipinski definition) is 6. The van der Waals surface area contributed by atoms with Gasteiger partial charge >= 0.3 is 0 Å². The third-order valence-electron chi connectivity index (χ3n) is 4.78. The van der Waals surface area contributed by atoms with E-state index in [1.807, 2.05) is 61.5 Å². The van der Waals surface area contributed by atoms with Crippen molar-refractivity contribution in [2.45, 2.75) is 33.1 Å². The molecule has 0 fully saturated rings. The fourth-order valence-electron chi connectivity index (χ4n) is 3.23. The maximum Gasteiger partial charge on any atom is 0.291 e. The smallest absolute Gasteiger partial charge is 0.291 e. The highest BCUT2D eigenvalue weighted by Gasteiger charge is 2.12. The molecule has 0 aliphatic carbocycles. The Balaban J connectivity index is 1.63. The minimum absolute atomic E-state index is 0.174. The number of hydrogen-bond donors (Lipinski definition) is 0. The van der Waals surface area contributed by atoms with Crippen LogP contribution in [-0.4, -0.2) is 27.8 Å². The van der Waals surface area contributed by atoms with Crippen LogP contribution in [0, 0.1) is 0 Å². The van der Waals surface area contributed by atoms with Gasteiger partial charge in [0.05, 0.1) is 17.7 Å². The second kappa shape index (κ2) is 9.75. The highest BCUT2D eigenvalue weighted by atomic mass is 32.1. The number of nitrogens with zero attached hydrogens (tertiary/aromatic N) is 3. The highest BCUT2D eigenvalue weighted by molar-refractivity contribution is 7.15. The van der Waals surface area contributed by atoms with Gasteiger partial charge in [-0.1, -0.05) is 67.5 Å². The third-order valence-corrected chi connectivity index (χ3v) is 5.74. The van der Waals surface area contributed by atoms with Gasteiger partial charge in [0.2, 0.25) is 4.96 Å². The van der Waals surface area contributed by atoms with Crippen molar-refractivity contribution < 1.29 is 9.47 Å². The van der Waals surface area contributed by atoms with E-state index in [4.69, 9.17) is 9.47 Å². The van der Waals surface area contributed by atoms with Gasteiger partial charge in [-0.3, -0.25) is 4.79 Å². The fourth-order valence-corrected chi connectivity index (χ4v) is 4.14. The van der Waals surface area contributed by atoms with E-state index in [9.17, 15) is 4.79 Å². The molecular weight excluding hydrogens is 410 g/mol. The van der Waals surface area contributed by atoms with Crippen LogP contribution in [0.2, 0.25) is 0 Å². The lowest BCUT2D eigenvalue weighted by molar-refractivity contribution is 0.271. The van der Waals surface area contributed by atoms with Gasteiger partial charge < -0.3 is 9.47 Å². The number of fused-ring (bicyclic) bond motifs is 1. The summed E-state index contributed by atoms with van der Waals surface area (Å²) < 4.78 is 13.6. The molecule has 2 aromatic carbocycles. The van der Waals surface area contributed by atoms with E-state index in [1.165, 1.54) is 15.9 Å². The summed E-state index contributed by atoms with van der Waals surface area (Å²) in [6.45, 7) is 5.32. The molecular formula is C24H25N3O3S. The van der Waals surface area contributed by atoms with Gasteiger partial charge in [0.25, 0.3) is 5.56 Å². The largest absolute Gasteiger partial charge is 0.490 e. The lowest BCUT2D eigenvalue weighted by Gasteiger charge is -2.12. The van der Waals surface area contributed by atoms with Gasteiger partial charge in [0.15, 0.2) is 17.3 Å². The van der Waals surface area contributed by atoms with Crippen molar-refractivity contribution in [2.75, 3.05) is 13.2 Å². The lowest BCUT2D eigenvalue weighted by atomic mass is 10.2. The van der Waals surface area contributed by atoms with Crippen LogP contribution >= 0.6 is 11.3 Å². The predicted molar refractivity (Wildman–Crippen MR) is 124 cm³/mol. The maximum atomic E-state index is 12.8. The first-order valence-electron chi connectivity index (χ1n) is 10.6. The molecule has 7 heteroatoms. The summed E-state index contributed by atoms with van der Waals surface area (Å²) in [7, 11) is 0. The van der Waals surface area contributed by atoms with Crippen molar-refractivity contribution >= 4 is 22.4 Å². The Morgan fingerprint density at radius 3 is 2.61 bits per heavy atom. The normalized spacial score (nSPS) is 11.9. The zero-order valence-electron chi connectivity index (χ0n) is 17.7. The molecule has 2 heterocycles. The molecule has 0 saturated carbocycles. The molecule has 4 rings (SSSR count). The summed E-state index contributed by atoms with van der Waals surface area (Å²) in [5.74, 6) is 1.97. The van der Waals surface area contributed by atoms with Gasteiger partial charge in [-0.25, -0.2) is 0 Å². The number of unbranched alkanes of at least 4 members (excludes halogenated alkanes) is 2. The summed E-state index contributed by atoms with van der Waals surface area (Å²) >= 11 is 1.33. The van der Waals surface area contributed by atoms with Gasteiger partial charge in [-0.15, -0.1) is 5.10 Å². The standard InChI is InChI=1S/C24H25N3O3S/c1-3-5-9-14-30-19-13-12-17(15-20(19)29-4-2)16-21-23(28)27-24(31-21)25-22(26-27)18-10-7-6-8-11-18/h6-8,10-13,15-16H,3-5,9,14H2,1-2H3/b21-16-. The van der Waals surface area contributed by atoms with Crippen molar-refractivity contribution in [1.29, 1.82) is 0 Å². The Morgan fingerprint density at radius 2 is 1.87 bits per heavy atom. The molecule has 0 saturated heterocycles. The van der Waals surface area contributed by atoms with Crippen molar-refractivity contribution in [3.05, 3.63) is 69.0 Å². The van der Waals surface area contributed by atoms with Crippen molar-refractivity contribution in [2.24, 2.45) is 0 Å². The summed E-state index contributed by atoms with van der Waals surface area (Å²) in [6, 6.07) is 15.4. The average molecular weight is 436 g/mol. The molecule has 4 aromatic rings. The number of benzene rings is 2. The quantitative estimate of drug-likeness (QED) is 0.366. The van der Waals surface area contributed by atoms with Gasteiger partial charge in [0.1, 0.15) is 0 Å². The van der Waals surface area contributed by atoms with Crippen LogP contribution in [0.15, 0.2) is 53.3 Å². The molecule has 0 aliphatic heterocycles. The number of ether oxygens (including phenoxy) is 2. The average Bonchev–Trinajstić information content (AvgIpc) is 3.33. The zero-order chi connectivity index (χ0) is 21.6. The first-order valence-corrected chi connectivity index (χ1v) is 11.4. The van der Waals surface area contributed by atoms with Crippen molar-refractivity contribution in [3.63, 3.8) is 0 Å². The molecule has 2 aromatic heterocycles. The zero-order valence-corrected chi connectivity index (χ0v) is 18.5. The summed E-state index contributed by atoms with van der Waals surface area (Å²) in [4.78, 5) is 17.9. The monoisotopic (exact) mass is 435 g/mol. The van der Waals surface area contributed by atoms with Crippen LogP contribution in [0.1, 0.15) is 38.7 Å². The Bertz CT molecular complexity index is 1260. The topological polar surface area (TPSA) is 65.7 Å². The molecule has 0 N–H and O–H groups in total. The van der Waals surface area contributed by atoms with Crippen LogP contribution in [-0.2, 0) is 0 Å². The molecule has 0 bridgehead atoms. The number of thiazole rings is 1. The van der Waals surface area contributed by atoms with Crippen LogP contribution in [0.5, 0.6) is 11.5 Å². The predicted octanol–water partition coefficient (Wildman–Crippen LogP) is 4.33. The molecule has 0 spiro atoms. The molecule has 0 atom stereocenters. The van der Waals surface area contributed by atoms with Gasteiger partial charge in [0, 0.05) is 5.56 Å². The van der Waals surface area contributed by atoms with Crippen LogP contribution < -0.4 is 19.6 Å². The summed E-state index contributed by atoms with van der Waals surface area (Å²) in [6.07, 6.45) is 5.15. The SMILES string of the molecule is CCCCCOc1ccc(/C=c2\sc3nc(-c4ccccc4)nn3c2=O)cc1OCC. The molecule has 6 nitrogen and oxygen atoms in total. The van der Waals surface area contributed by atoms with E-state index < -0.39 is 0 Å². The highest BCUT2D eigenvalue weighted by Crippen LogP contribution is 2.29. The Labute approximate surface area is 184 Å². The molecule has 0 radical (unpaired) electrons. The summed E-state index contributed by atoms with van der Waals surface area (Å²) in [5, 5.41) is 4.39. The minimum Gasteiger partial charge on any atom is -0.490 e. The number of rotatable bonds is 9. The van der Waals surface area contributed by atoms with Gasteiger partial charge in [-0.05, 0) is 37.1 Å². The summed E-state index contributed by atoms with van der Waals surface area (Å²) in [5.41, 5.74) is 1.58. The lowest BCUT2D eigenvalue weighted by Crippen LogP contribution is -2.23. The van der Waals surface area contributed by atoms with E-state index in [2.05, 4.69) is 17.0 Å². The van der Waals surface area contributed by atoms with E-state index in [0.29, 0.717) is 34.3 Å². The molecule has 160 valence electrons. The first-order chi connectivity index (χ1) is 15.2. The molecule has 0 amide bonds. The first kappa shape index (κ1) is 21.1. The second-order valence-electron chi connectivity index (χ2n) is 7.11. The van der Waals surface area contributed by atoms with Crippen LogP contribution in [0.4, 0.5) is 0 Å². The van der Waals surface area contributed by atoms with E-state index in [1.54, 1.807) is 0 Å². The van der Waals surface area contributed by atoms with E-state index in [-0.39, 0.29) is 5.56 Å². The van der Waals surface area contributed by atoms with Crippen LogP contribution in [0.25, 0.3) is 22.4 Å². The molecule has 31 heavy (non-hydrogen) atoms. The Kier molecular flexibility index (Phi) is 6.62. The van der Waals surface area contributed by atoms with Crippen molar-refractivity contribution in [3.8, 4) is 22.9 Å². The van der Waals surface area contributed by atoms with Gasteiger partial charge in [-0.2, -0.15) is 9.50 Å². The second-order valence-corrected chi connectivity index (χ2v) is 8.12. The molecule has 0 aliphatic rings. The Hall–Kier alpha value is -3.19. The van der Waals surface area contributed by atoms with Crippen LogP contribution in [0.3, 0.4) is 0 Å². The van der Waals surface area contributed by atoms with E-state index >= 15 is 0 Å². The minimum atomic E-state index is -0.174.